The summed E-state index contributed by atoms with van der Waals surface area (Å²) in [5, 5.41) is 15.5. The minimum Gasteiger partial charge on any atom is -0.360 e. The van der Waals surface area contributed by atoms with E-state index in [-0.39, 0.29) is 11.4 Å². The van der Waals surface area contributed by atoms with Crippen LogP contribution in [0.5, 0.6) is 0 Å². The maximum atomic E-state index is 13.7. The number of aromatic nitrogens is 3. The van der Waals surface area contributed by atoms with Crippen LogP contribution in [0.3, 0.4) is 0 Å². The third-order valence-electron chi connectivity index (χ3n) is 4.15. The van der Waals surface area contributed by atoms with Crippen molar-refractivity contribution in [2.45, 2.75) is 17.0 Å². The molecule has 0 atom stereocenters. The van der Waals surface area contributed by atoms with Crippen molar-refractivity contribution in [1.29, 1.82) is 0 Å². The minimum absolute atomic E-state index is 0.266. The highest BCUT2D eigenvalue weighted by Crippen LogP contribution is 2.33. The molecule has 0 saturated carbocycles. The van der Waals surface area contributed by atoms with Crippen molar-refractivity contribution in [3.63, 3.8) is 0 Å². The van der Waals surface area contributed by atoms with Gasteiger partial charge in [-0.2, -0.15) is 0 Å². The van der Waals surface area contributed by atoms with Crippen molar-refractivity contribution >= 4 is 45.7 Å². The molecule has 4 aromatic rings. The molecule has 0 bridgehead atoms. The molecule has 2 heterocycles. The first-order valence-corrected chi connectivity index (χ1v) is 10.9. The Bertz CT molecular complexity index is 1210. The zero-order chi connectivity index (χ0) is 21.1. The molecule has 1 amide bonds. The maximum absolute atomic E-state index is 13.7. The summed E-state index contributed by atoms with van der Waals surface area (Å²) in [6.45, 7) is 1.65. The molecule has 30 heavy (non-hydrogen) atoms. The van der Waals surface area contributed by atoms with Gasteiger partial charge in [-0.25, -0.2) is 4.39 Å². The Morgan fingerprint density at radius 2 is 1.97 bits per heavy atom. The Balaban J connectivity index is 1.49. The molecule has 0 aliphatic carbocycles. The molecule has 152 valence electrons. The van der Waals surface area contributed by atoms with Crippen LogP contribution < -0.4 is 5.32 Å². The van der Waals surface area contributed by atoms with Crippen molar-refractivity contribution in [3.05, 3.63) is 76.3 Å². The average Bonchev–Trinajstić information content (AvgIpc) is 3.34. The number of halogens is 2. The van der Waals surface area contributed by atoms with Crippen LogP contribution in [0.4, 0.5) is 9.52 Å². The Kier molecular flexibility index (Phi) is 6.12. The first kappa shape index (κ1) is 20.5. The minimum atomic E-state index is -0.425. The van der Waals surface area contributed by atoms with Crippen LogP contribution in [0.25, 0.3) is 11.3 Å². The van der Waals surface area contributed by atoms with Gasteiger partial charge in [-0.15, -0.1) is 10.2 Å². The van der Waals surface area contributed by atoms with E-state index in [4.69, 9.17) is 16.1 Å². The lowest BCUT2D eigenvalue weighted by molar-refractivity contribution is 0.102. The van der Waals surface area contributed by atoms with E-state index in [1.807, 2.05) is 0 Å². The molecule has 2 aromatic heterocycles. The molecule has 0 saturated heterocycles. The molecule has 0 radical (unpaired) electrons. The van der Waals surface area contributed by atoms with Crippen molar-refractivity contribution in [1.82, 2.24) is 15.4 Å². The van der Waals surface area contributed by atoms with Gasteiger partial charge in [-0.3, -0.25) is 10.1 Å². The number of aryl methyl sites for hydroxylation is 1. The molecule has 0 unspecified atom stereocenters. The predicted octanol–water partition coefficient (Wildman–Crippen LogP) is 5.84. The van der Waals surface area contributed by atoms with Gasteiger partial charge >= 0.3 is 0 Å². The number of benzene rings is 2. The molecule has 0 aliphatic heterocycles. The first-order valence-electron chi connectivity index (χ1n) is 8.75. The molecule has 10 heteroatoms. The van der Waals surface area contributed by atoms with Gasteiger partial charge in [0.1, 0.15) is 22.8 Å². The Morgan fingerprint density at radius 1 is 1.20 bits per heavy atom. The quantitative estimate of drug-likeness (QED) is 0.287. The number of anilines is 1. The summed E-state index contributed by atoms with van der Waals surface area (Å²) in [7, 11) is 0. The summed E-state index contributed by atoms with van der Waals surface area (Å²) in [6, 6.07) is 13.6. The van der Waals surface area contributed by atoms with Crippen LogP contribution in [-0.2, 0) is 5.75 Å². The number of nitrogens with zero attached hydrogens (tertiary/aromatic N) is 3. The van der Waals surface area contributed by atoms with E-state index >= 15 is 0 Å². The van der Waals surface area contributed by atoms with Gasteiger partial charge in [0.2, 0.25) is 5.13 Å². The summed E-state index contributed by atoms with van der Waals surface area (Å²) >= 11 is 8.79. The summed E-state index contributed by atoms with van der Waals surface area (Å²) in [5.41, 5.74) is 1.81. The fraction of sp³-hybridized carbons (Fsp3) is 0.100. The van der Waals surface area contributed by atoms with Gasteiger partial charge in [-0.05, 0) is 24.6 Å². The predicted molar refractivity (Wildman–Crippen MR) is 116 cm³/mol. The summed E-state index contributed by atoms with van der Waals surface area (Å²) in [5.74, 6) is 0.0843. The zero-order valence-corrected chi connectivity index (χ0v) is 17.9. The second kappa shape index (κ2) is 8.95. The highest BCUT2D eigenvalue weighted by molar-refractivity contribution is 8.00. The van der Waals surface area contributed by atoms with E-state index in [2.05, 4.69) is 20.7 Å². The highest BCUT2D eigenvalue weighted by atomic mass is 35.5. The molecule has 2 aromatic carbocycles. The first-order chi connectivity index (χ1) is 14.5. The Labute approximate surface area is 184 Å². The Hall–Kier alpha value is -2.75. The van der Waals surface area contributed by atoms with E-state index in [0.29, 0.717) is 42.8 Å². The molecular weight excluding hydrogens is 447 g/mol. The lowest BCUT2D eigenvalue weighted by atomic mass is 10.1. The SMILES string of the molecule is Cc1onc(-c2ccccc2Cl)c1C(=O)Nc1nnc(SCc2ccccc2F)s1. The molecule has 1 N–H and O–H groups in total. The van der Waals surface area contributed by atoms with E-state index in [1.165, 1.54) is 29.2 Å². The number of amides is 1. The van der Waals surface area contributed by atoms with Gasteiger partial charge in [0.25, 0.3) is 5.91 Å². The lowest BCUT2D eigenvalue weighted by Gasteiger charge is -2.04. The fourth-order valence-electron chi connectivity index (χ4n) is 2.71. The van der Waals surface area contributed by atoms with Crippen LogP contribution in [0.1, 0.15) is 21.7 Å². The Morgan fingerprint density at radius 3 is 2.77 bits per heavy atom. The van der Waals surface area contributed by atoms with E-state index in [0.717, 1.165) is 0 Å². The zero-order valence-electron chi connectivity index (χ0n) is 15.6. The number of rotatable bonds is 6. The molecule has 6 nitrogen and oxygen atoms in total. The molecular formula is C20H14ClFN4O2S2. The normalized spacial score (nSPS) is 10.9. The third-order valence-corrected chi connectivity index (χ3v) is 6.51. The number of carbonyl (C=O) groups is 1. The molecule has 4 rings (SSSR count). The van der Waals surface area contributed by atoms with Crippen LogP contribution >= 0.6 is 34.7 Å². The maximum Gasteiger partial charge on any atom is 0.263 e. The largest absolute Gasteiger partial charge is 0.360 e. The van der Waals surface area contributed by atoms with Crippen molar-refractivity contribution in [2.75, 3.05) is 5.32 Å². The smallest absolute Gasteiger partial charge is 0.263 e. The van der Waals surface area contributed by atoms with E-state index in [1.54, 1.807) is 49.4 Å². The van der Waals surface area contributed by atoms with E-state index in [9.17, 15) is 9.18 Å². The number of nitrogens with one attached hydrogen (secondary N) is 1. The number of hydrogen-bond donors (Lipinski definition) is 1. The van der Waals surface area contributed by atoms with Gasteiger partial charge < -0.3 is 4.52 Å². The van der Waals surface area contributed by atoms with Gasteiger partial charge in [0.05, 0.1) is 5.02 Å². The lowest BCUT2D eigenvalue weighted by Crippen LogP contribution is -2.13. The average molecular weight is 461 g/mol. The molecule has 0 fully saturated rings. The summed E-state index contributed by atoms with van der Waals surface area (Å²) in [4.78, 5) is 12.9. The fourth-order valence-corrected chi connectivity index (χ4v) is 4.67. The second-order valence-electron chi connectivity index (χ2n) is 6.15. The van der Waals surface area contributed by atoms with Crippen molar-refractivity contribution in [2.24, 2.45) is 0 Å². The van der Waals surface area contributed by atoms with Crippen molar-refractivity contribution in [3.8, 4) is 11.3 Å². The number of thioether (sulfide) groups is 1. The van der Waals surface area contributed by atoms with Crippen LogP contribution in [0.2, 0.25) is 5.02 Å². The number of hydrogen-bond acceptors (Lipinski definition) is 7. The van der Waals surface area contributed by atoms with Crippen molar-refractivity contribution < 1.29 is 13.7 Å². The van der Waals surface area contributed by atoms with E-state index < -0.39 is 5.91 Å². The van der Waals surface area contributed by atoms with Gasteiger partial charge in [-0.1, -0.05) is 76.3 Å². The van der Waals surface area contributed by atoms with Crippen LogP contribution in [-0.4, -0.2) is 21.3 Å². The van der Waals surface area contributed by atoms with Gasteiger partial charge in [0.15, 0.2) is 4.34 Å². The van der Waals surface area contributed by atoms with Crippen LogP contribution in [0, 0.1) is 12.7 Å². The standard InChI is InChI=1S/C20H14ClFN4O2S2/c1-11-16(17(26-28-11)13-7-3-4-8-14(13)21)18(27)23-19-24-25-20(30-19)29-10-12-6-2-5-9-15(12)22/h2-9H,10H2,1H3,(H,23,24,27). The van der Waals surface area contributed by atoms with Crippen LogP contribution in [0.15, 0.2) is 57.4 Å². The molecule has 0 spiro atoms. The third kappa shape index (κ3) is 4.38. The summed E-state index contributed by atoms with van der Waals surface area (Å²) < 4.78 is 19.6. The monoisotopic (exact) mass is 460 g/mol. The second-order valence-corrected chi connectivity index (χ2v) is 8.76. The number of carbonyl (C=O) groups excluding carboxylic acids is 1. The van der Waals surface area contributed by atoms with Gasteiger partial charge in [0, 0.05) is 11.3 Å². The topological polar surface area (TPSA) is 80.9 Å². The summed E-state index contributed by atoms with van der Waals surface area (Å²) in [6.07, 6.45) is 0. The molecule has 0 aliphatic rings. The highest BCUT2D eigenvalue weighted by Gasteiger charge is 2.24.